The summed E-state index contributed by atoms with van der Waals surface area (Å²) < 4.78 is 26.5. The van der Waals surface area contributed by atoms with Crippen LogP contribution >= 0.6 is 0 Å². The van der Waals surface area contributed by atoms with Crippen molar-refractivity contribution >= 4 is 15.9 Å². The molecule has 0 radical (unpaired) electrons. The molecule has 1 atom stereocenters. The molecule has 0 aliphatic carbocycles. The third-order valence-corrected chi connectivity index (χ3v) is 6.83. The van der Waals surface area contributed by atoms with Gasteiger partial charge in [0, 0.05) is 26.2 Å². The summed E-state index contributed by atoms with van der Waals surface area (Å²) in [5, 5.41) is 12.2. The Hall–Kier alpha value is -1.95. The van der Waals surface area contributed by atoms with E-state index in [1.54, 1.807) is 45.2 Å². The second-order valence-electron chi connectivity index (χ2n) is 6.88. The zero-order valence-electron chi connectivity index (χ0n) is 17.0. The average molecular weight is 395 g/mol. The van der Waals surface area contributed by atoms with E-state index in [4.69, 9.17) is 5.26 Å². The van der Waals surface area contributed by atoms with E-state index in [9.17, 15) is 13.2 Å². The SMILES string of the molecule is CCN(CC)S(=O)(=O)c1ccc([C@H](C)NCC(=O)N(C)C(C)(C)C#N)cc1. The summed E-state index contributed by atoms with van der Waals surface area (Å²) in [4.78, 5) is 13.9. The highest BCUT2D eigenvalue weighted by molar-refractivity contribution is 7.89. The quantitative estimate of drug-likeness (QED) is 0.692. The second-order valence-corrected chi connectivity index (χ2v) is 8.82. The first-order valence-electron chi connectivity index (χ1n) is 9.02. The number of hydrogen-bond acceptors (Lipinski definition) is 5. The van der Waals surface area contributed by atoms with Gasteiger partial charge in [-0.3, -0.25) is 4.79 Å². The van der Waals surface area contributed by atoms with Gasteiger partial charge in [-0.05, 0) is 38.5 Å². The van der Waals surface area contributed by atoms with Crippen LogP contribution in [-0.2, 0) is 14.8 Å². The zero-order valence-corrected chi connectivity index (χ0v) is 17.8. The maximum absolute atomic E-state index is 12.5. The number of nitrogens with zero attached hydrogens (tertiary/aromatic N) is 3. The number of rotatable bonds is 9. The molecule has 0 spiro atoms. The van der Waals surface area contributed by atoms with Crippen molar-refractivity contribution in [3.63, 3.8) is 0 Å². The Bertz CT molecular complexity index is 778. The molecule has 0 saturated carbocycles. The first-order valence-corrected chi connectivity index (χ1v) is 10.5. The third-order valence-electron chi connectivity index (χ3n) is 4.77. The monoisotopic (exact) mass is 394 g/mol. The van der Waals surface area contributed by atoms with E-state index in [1.165, 1.54) is 9.21 Å². The molecule has 27 heavy (non-hydrogen) atoms. The number of carbonyl (C=O) groups is 1. The van der Waals surface area contributed by atoms with E-state index < -0.39 is 15.6 Å². The minimum Gasteiger partial charge on any atom is -0.326 e. The molecule has 0 aromatic heterocycles. The molecule has 0 unspecified atom stereocenters. The van der Waals surface area contributed by atoms with Gasteiger partial charge >= 0.3 is 0 Å². The fraction of sp³-hybridized carbons (Fsp3) is 0.579. The molecule has 8 heteroatoms. The topological polar surface area (TPSA) is 93.5 Å². The fourth-order valence-electron chi connectivity index (χ4n) is 2.50. The van der Waals surface area contributed by atoms with Gasteiger partial charge in [0.1, 0.15) is 5.54 Å². The van der Waals surface area contributed by atoms with E-state index in [0.29, 0.717) is 13.1 Å². The highest BCUT2D eigenvalue weighted by Gasteiger charge is 2.27. The van der Waals surface area contributed by atoms with Crippen LogP contribution in [0.1, 0.15) is 46.2 Å². The van der Waals surface area contributed by atoms with Crippen LogP contribution in [0.5, 0.6) is 0 Å². The van der Waals surface area contributed by atoms with Crippen molar-refractivity contribution in [3.8, 4) is 6.07 Å². The lowest BCUT2D eigenvalue weighted by Gasteiger charge is -2.29. The van der Waals surface area contributed by atoms with Crippen LogP contribution < -0.4 is 5.32 Å². The number of sulfonamides is 1. The Morgan fingerprint density at radius 2 is 1.74 bits per heavy atom. The normalized spacial score (nSPS) is 13.3. The summed E-state index contributed by atoms with van der Waals surface area (Å²) in [6.07, 6.45) is 0. The predicted molar refractivity (Wildman–Crippen MR) is 105 cm³/mol. The number of hydrogen-bond donors (Lipinski definition) is 1. The largest absolute Gasteiger partial charge is 0.326 e. The van der Waals surface area contributed by atoms with Crippen molar-refractivity contribution in [1.29, 1.82) is 5.26 Å². The number of nitrogens with one attached hydrogen (secondary N) is 1. The number of carbonyl (C=O) groups excluding carboxylic acids is 1. The Balaban J connectivity index is 2.80. The van der Waals surface area contributed by atoms with E-state index in [0.717, 1.165) is 5.56 Å². The van der Waals surface area contributed by atoms with Crippen LogP contribution in [-0.4, -0.2) is 55.8 Å². The standard InChI is InChI=1S/C19H30N4O3S/c1-7-23(8-2)27(25,26)17-11-9-16(10-12-17)15(3)21-13-18(24)22(6)19(4,5)14-20/h9-12,15,21H,7-8,13H2,1-6H3/t15-/m0/s1. The summed E-state index contributed by atoms with van der Waals surface area (Å²) in [5.41, 5.74) is 0.00565. The lowest BCUT2D eigenvalue weighted by molar-refractivity contribution is -0.132. The van der Waals surface area contributed by atoms with Crippen LogP contribution in [0.15, 0.2) is 29.2 Å². The molecule has 150 valence electrons. The maximum Gasteiger partial charge on any atom is 0.243 e. The molecule has 1 aromatic rings. The van der Waals surface area contributed by atoms with Gasteiger partial charge in [0.05, 0.1) is 17.5 Å². The molecule has 1 rings (SSSR count). The van der Waals surface area contributed by atoms with Gasteiger partial charge in [0.25, 0.3) is 0 Å². The highest BCUT2D eigenvalue weighted by atomic mass is 32.2. The molecular weight excluding hydrogens is 364 g/mol. The summed E-state index contributed by atoms with van der Waals surface area (Å²) in [5.74, 6) is -0.186. The number of likely N-dealkylation sites (N-methyl/N-ethyl adjacent to an activating group) is 1. The molecule has 1 N–H and O–H groups in total. The van der Waals surface area contributed by atoms with E-state index in [2.05, 4.69) is 11.4 Å². The van der Waals surface area contributed by atoms with E-state index in [-0.39, 0.29) is 23.4 Å². The summed E-state index contributed by atoms with van der Waals surface area (Å²) in [6.45, 7) is 9.82. The van der Waals surface area contributed by atoms with Gasteiger partial charge < -0.3 is 10.2 Å². The number of nitriles is 1. The molecule has 1 amide bonds. The third kappa shape index (κ3) is 5.51. The smallest absolute Gasteiger partial charge is 0.243 e. The van der Waals surface area contributed by atoms with Gasteiger partial charge in [-0.1, -0.05) is 26.0 Å². The predicted octanol–water partition coefficient (Wildman–Crippen LogP) is 2.13. The van der Waals surface area contributed by atoms with Gasteiger partial charge in [0.15, 0.2) is 0 Å². The van der Waals surface area contributed by atoms with Gasteiger partial charge in [-0.25, -0.2) is 8.42 Å². The van der Waals surface area contributed by atoms with Crippen LogP contribution in [0.4, 0.5) is 0 Å². The minimum atomic E-state index is -3.48. The van der Waals surface area contributed by atoms with Gasteiger partial charge in [-0.2, -0.15) is 9.57 Å². The summed E-state index contributed by atoms with van der Waals surface area (Å²) >= 11 is 0. The lowest BCUT2D eigenvalue weighted by atomic mass is 10.1. The van der Waals surface area contributed by atoms with Crippen molar-refractivity contribution in [1.82, 2.24) is 14.5 Å². The van der Waals surface area contributed by atoms with Crippen LogP contribution in [0, 0.1) is 11.3 Å². The molecule has 0 aliphatic heterocycles. The molecule has 0 saturated heterocycles. The zero-order chi connectivity index (χ0) is 20.8. The molecular formula is C19H30N4O3S. The van der Waals surface area contributed by atoms with Crippen molar-refractivity contribution in [2.75, 3.05) is 26.7 Å². The lowest BCUT2D eigenvalue weighted by Crippen LogP contribution is -2.47. The van der Waals surface area contributed by atoms with E-state index >= 15 is 0 Å². The molecule has 0 fully saturated rings. The Morgan fingerprint density at radius 3 is 2.19 bits per heavy atom. The van der Waals surface area contributed by atoms with E-state index in [1.807, 2.05) is 20.8 Å². The second kappa shape index (κ2) is 9.31. The molecule has 7 nitrogen and oxygen atoms in total. The van der Waals surface area contributed by atoms with Crippen molar-refractivity contribution in [2.24, 2.45) is 0 Å². The molecule has 0 heterocycles. The first kappa shape index (κ1) is 23.1. The van der Waals surface area contributed by atoms with Crippen LogP contribution in [0.3, 0.4) is 0 Å². The summed E-state index contributed by atoms with van der Waals surface area (Å²) in [6, 6.07) is 8.64. The van der Waals surface area contributed by atoms with Crippen LogP contribution in [0.25, 0.3) is 0 Å². The fourth-order valence-corrected chi connectivity index (χ4v) is 3.96. The van der Waals surface area contributed by atoms with Crippen LogP contribution in [0.2, 0.25) is 0 Å². The Kier molecular flexibility index (Phi) is 7.96. The molecule has 0 aliphatic rings. The first-order chi connectivity index (χ1) is 12.5. The van der Waals surface area contributed by atoms with Gasteiger partial charge in [0.2, 0.25) is 15.9 Å². The van der Waals surface area contributed by atoms with Crippen molar-refractivity contribution in [3.05, 3.63) is 29.8 Å². The highest BCUT2D eigenvalue weighted by Crippen LogP contribution is 2.19. The van der Waals surface area contributed by atoms with Gasteiger partial charge in [-0.15, -0.1) is 0 Å². The minimum absolute atomic E-state index is 0.0856. The Morgan fingerprint density at radius 1 is 1.22 bits per heavy atom. The number of amides is 1. The molecule has 1 aromatic carbocycles. The molecule has 0 bridgehead atoms. The maximum atomic E-state index is 12.5. The Labute approximate surface area is 163 Å². The van der Waals surface area contributed by atoms with Crippen molar-refractivity contribution in [2.45, 2.75) is 51.1 Å². The number of benzene rings is 1. The van der Waals surface area contributed by atoms with Crippen molar-refractivity contribution < 1.29 is 13.2 Å². The summed E-state index contributed by atoms with van der Waals surface area (Å²) in [7, 11) is -1.88. The average Bonchev–Trinajstić information content (AvgIpc) is 2.65.